The van der Waals surface area contributed by atoms with Crippen molar-refractivity contribution >= 4 is 22.7 Å². The Labute approximate surface area is 212 Å². The zero-order chi connectivity index (χ0) is 25.2. The van der Waals surface area contributed by atoms with Crippen LogP contribution in [0.1, 0.15) is 16.7 Å². The van der Waals surface area contributed by atoms with Crippen molar-refractivity contribution in [1.82, 2.24) is 14.8 Å². The molecule has 8 heteroatoms. The molecule has 0 spiro atoms. The number of hydrogen-bond acceptors (Lipinski definition) is 7. The van der Waals surface area contributed by atoms with Gasteiger partial charge >= 0.3 is 5.63 Å². The Morgan fingerprint density at radius 2 is 1.67 bits per heavy atom. The highest BCUT2D eigenvalue weighted by molar-refractivity contribution is 7.98. The van der Waals surface area contributed by atoms with E-state index in [9.17, 15) is 4.79 Å². The molecule has 3 aromatic carbocycles. The molecule has 0 bridgehead atoms. The van der Waals surface area contributed by atoms with E-state index in [1.165, 1.54) is 11.8 Å². The van der Waals surface area contributed by atoms with Crippen molar-refractivity contribution in [2.45, 2.75) is 24.8 Å². The van der Waals surface area contributed by atoms with Crippen LogP contribution >= 0.6 is 11.8 Å². The highest BCUT2D eigenvalue weighted by atomic mass is 32.2. The molecule has 0 amide bonds. The van der Waals surface area contributed by atoms with Crippen LogP contribution in [0, 0.1) is 13.8 Å². The van der Waals surface area contributed by atoms with Gasteiger partial charge in [0.15, 0.2) is 11.0 Å². The molecular weight excluding hydrogens is 474 g/mol. The first-order chi connectivity index (χ1) is 17.5. The summed E-state index contributed by atoms with van der Waals surface area (Å²) in [7, 11) is 3.28. The van der Waals surface area contributed by atoms with Crippen molar-refractivity contribution < 1.29 is 13.9 Å². The third-order valence-corrected chi connectivity index (χ3v) is 7.09. The number of para-hydroxylation sites is 1. The fourth-order valence-electron chi connectivity index (χ4n) is 4.08. The fraction of sp³-hybridized carbons (Fsp3) is 0.179. The summed E-state index contributed by atoms with van der Waals surface area (Å²) in [4.78, 5) is 12.3. The second kappa shape index (κ2) is 9.91. The number of nitrogens with zero attached hydrogens (tertiary/aromatic N) is 3. The first-order valence-electron chi connectivity index (χ1n) is 11.4. The lowest BCUT2D eigenvalue weighted by Crippen LogP contribution is -2.03. The molecule has 0 saturated heterocycles. The van der Waals surface area contributed by atoms with E-state index in [4.69, 9.17) is 13.9 Å². The average Bonchev–Trinajstić information content (AvgIpc) is 3.32. The normalized spacial score (nSPS) is 11.1. The summed E-state index contributed by atoms with van der Waals surface area (Å²) in [6.07, 6.45) is 0. The molecule has 0 aliphatic rings. The first kappa shape index (κ1) is 23.7. The summed E-state index contributed by atoms with van der Waals surface area (Å²) in [6.45, 7) is 4.06. The van der Waals surface area contributed by atoms with Gasteiger partial charge in [0.1, 0.15) is 17.1 Å². The van der Waals surface area contributed by atoms with Crippen molar-refractivity contribution in [3.63, 3.8) is 0 Å². The second-order valence-corrected chi connectivity index (χ2v) is 9.29. The lowest BCUT2D eigenvalue weighted by Gasteiger charge is -2.13. The standard InChI is InChI=1S/C28H25N3O4S/c1-17-13-23-19(15-26(32)35-25(23)14-18(17)2)16-36-28-30-29-27(22-7-5-6-8-24(22)34-4)31(28)20-9-11-21(33-3)12-10-20/h5-15H,16H2,1-4H3. The minimum Gasteiger partial charge on any atom is -0.497 e. The summed E-state index contributed by atoms with van der Waals surface area (Å²) < 4.78 is 18.4. The van der Waals surface area contributed by atoms with Gasteiger partial charge in [0.25, 0.3) is 0 Å². The molecule has 36 heavy (non-hydrogen) atoms. The minimum atomic E-state index is -0.368. The minimum absolute atomic E-state index is 0.368. The number of aromatic nitrogens is 3. The van der Waals surface area contributed by atoms with Gasteiger partial charge in [0.05, 0.1) is 25.5 Å². The third kappa shape index (κ3) is 4.47. The van der Waals surface area contributed by atoms with Crippen molar-refractivity contribution in [2.24, 2.45) is 0 Å². The predicted molar refractivity (Wildman–Crippen MR) is 141 cm³/mol. The summed E-state index contributed by atoms with van der Waals surface area (Å²) in [5.41, 5.74) is 5.04. The van der Waals surface area contributed by atoms with Gasteiger partial charge in [0.2, 0.25) is 0 Å². The number of aryl methyl sites for hydroxylation is 2. The van der Waals surface area contributed by atoms with E-state index in [-0.39, 0.29) is 5.63 Å². The van der Waals surface area contributed by atoms with E-state index in [1.807, 2.05) is 66.1 Å². The molecule has 0 fully saturated rings. The summed E-state index contributed by atoms with van der Waals surface area (Å²) in [6, 6.07) is 21.0. The maximum Gasteiger partial charge on any atom is 0.336 e. The van der Waals surface area contributed by atoms with E-state index < -0.39 is 0 Å². The predicted octanol–water partition coefficient (Wildman–Crippen LogP) is 5.97. The molecule has 5 aromatic rings. The van der Waals surface area contributed by atoms with Gasteiger partial charge in [-0.05, 0) is 79.1 Å². The number of hydrogen-bond donors (Lipinski definition) is 0. The Kier molecular flexibility index (Phi) is 6.52. The average molecular weight is 500 g/mol. The number of fused-ring (bicyclic) bond motifs is 1. The van der Waals surface area contributed by atoms with Crippen LogP contribution in [0.2, 0.25) is 0 Å². The molecule has 0 N–H and O–H groups in total. The van der Waals surface area contributed by atoms with E-state index in [1.54, 1.807) is 20.3 Å². The number of rotatable bonds is 7. The number of thioether (sulfide) groups is 1. The molecule has 0 unspecified atom stereocenters. The Bertz CT molecular complexity index is 1610. The molecule has 182 valence electrons. The van der Waals surface area contributed by atoms with Crippen LogP contribution in [-0.4, -0.2) is 29.0 Å². The van der Waals surface area contributed by atoms with Crippen molar-refractivity contribution in [1.29, 1.82) is 0 Å². The molecular formula is C28H25N3O4S. The highest BCUT2D eigenvalue weighted by Crippen LogP contribution is 2.35. The molecule has 0 aliphatic carbocycles. The molecule has 2 aromatic heterocycles. The quantitative estimate of drug-likeness (QED) is 0.202. The summed E-state index contributed by atoms with van der Waals surface area (Å²) >= 11 is 1.50. The van der Waals surface area contributed by atoms with Crippen molar-refractivity contribution in [3.8, 4) is 28.6 Å². The lowest BCUT2D eigenvalue weighted by molar-refractivity contribution is 0.414. The van der Waals surface area contributed by atoms with E-state index in [0.29, 0.717) is 28.1 Å². The van der Waals surface area contributed by atoms with Crippen LogP contribution in [-0.2, 0) is 5.75 Å². The van der Waals surface area contributed by atoms with Gasteiger partial charge in [-0.1, -0.05) is 23.9 Å². The van der Waals surface area contributed by atoms with Crippen LogP contribution < -0.4 is 15.1 Å². The maximum atomic E-state index is 12.3. The first-order valence-corrected chi connectivity index (χ1v) is 12.4. The smallest absolute Gasteiger partial charge is 0.336 e. The van der Waals surface area contributed by atoms with Crippen molar-refractivity contribution in [2.75, 3.05) is 14.2 Å². The molecule has 0 aliphatic heterocycles. The molecule has 2 heterocycles. The SMILES string of the molecule is COc1ccc(-n2c(SCc3cc(=O)oc4cc(C)c(C)cc34)nnc2-c2ccccc2OC)cc1. The summed E-state index contributed by atoms with van der Waals surface area (Å²) in [5.74, 6) is 2.64. The number of ether oxygens (including phenoxy) is 2. The van der Waals surface area contributed by atoms with Crippen LogP contribution in [0.15, 0.2) is 81.1 Å². The van der Waals surface area contributed by atoms with E-state index in [2.05, 4.69) is 23.2 Å². The molecule has 7 nitrogen and oxygen atoms in total. The Hall–Kier alpha value is -4.04. The maximum absolute atomic E-state index is 12.3. The fourth-order valence-corrected chi connectivity index (χ4v) is 5.02. The molecule has 0 radical (unpaired) electrons. The Morgan fingerprint density at radius 1 is 0.917 bits per heavy atom. The number of methoxy groups -OCH3 is 2. The monoisotopic (exact) mass is 499 g/mol. The Morgan fingerprint density at radius 3 is 2.42 bits per heavy atom. The van der Waals surface area contributed by atoms with Crippen LogP contribution in [0.4, 0.5) is 0 Å². The Balaban J connectivity index is 1.59. The molecule has 0 saturated carbocycles. The van der Waals surface area contributed by atoms with Gasteiger partial charge in [-0.2, -0.15) is 0 Å². The largest absolute Gasteiger partial charge is 0.497 e. The van der Waals surface area contributed by atoms with Gasteiger partial charge in [-0.3, -0.25) is 4.57 Å². The zero-order valence-corrected chi connectivity index (χ0v) is 21.3. The third-order valence-electron chi connectivity index (χ3n) is 6.11. The number of benzene rings is 3. The highest BCUT2D eigenvalue weighted by Gasteiger charge is 2.20. The van der Waals surface area contributed by atoms with Crippen LogP contribution in [0.3, 0.4) is 0 Å². The van der Waals surface area contributed by atoms with Gasteiger partial charge in [-0.25, -0.2) is 4.79 Å². The molecule has 5 rings (SSSR count). The molecule has 0 atom stereocenters. The van der Waals surface area contributed by atoms with Crippen LogP contribution in [0.25, 0.3) is 28.0 Å². The van der Waals surface area contributed by atoms with Crippen LogP contribution in [0.5, 0.6) is 11.5 Å². The van der Waals surface area contributed by atoms with Gasteiger partial charge in [-0.15, -0.1) is 10.2 Å². The summed E-state index contributed by atoms with van der Waals surface area (Å²) in [5, 5.41) is 10.7. The second-order valence-electron chi connectivity index (χ2n) is 8.35. The van der Waals surface area contributed by atoms with Gasteiger partial charge in [0, 0.05) is 17.2 Å². The van der Waals surface area contributed by atoms with Crippen molar-refractivity contribution in [3.05, 3.63) is 93.8 Å². The zero-order valence-electron chi connectivity index (χ0n) is 20.4. The van der Waals surface area contributed by atoms with E-state index >= 15 is 0 Å². The lowest BCUT2D eigenvalue weighted by atomic mass is 10.0. The van der Waals surface area contributed by atoms with Gasteiger partial charge < -0.3 is 13.9 Å². The topological polar surface area (TPSA) is 79.4 Å². The van der Waals surface area contributed by atoms with E-state index in [0.717, 1.165) is 39.1 Å².